The van der Waals surface area contributed by atoms with Gasteiger partial charge in [-0.25, -0.2) is 8.42 Å². The summed E-state index contributed by atoms with van der Waals surface area (Å²) in [6.45, 7) is 1.15. The predicted molar refractivity (Wildman–Crippen MR) is 135 cm³/mol. The van der Waals surface area contributed by atoms with E-state index in [1.807, 2.05) is 29.2 Å². The lowest BCUT2D eigenvalue weighted by Crippen LogP contribution is -2.40. The highest BCUT2D eigenvalue weighted by molar-refractivity contribution is 7.92. The summed E-state index contributed by atoms with van der Waals surface area (Å²) in [5.41, 5.74) is 2.19. The maximum Gasteiger partial charge on any atom is 0.264 e. The number of nitrogens with one attached hydrogen (secondary N) is 1. The number of anilines is 1. The Kier molecular flexibility index (Phi) is 7.73. The van der Waals surface area contributed by atoms with Gasteiger partial charge in [0.2, 0.25) is 11.8 Å². The number of amides is 2. The maximum absolute atomic E-state index is 13.3. The molecule has 0 unspecified atom stereocenters. The fourth-order valence-electron chi connectivity index (χ4n) is 3.96. The molecule has 1 saturated heterocycles. The lowest BCUT2D eigenvalue weighted by Gasteiger charge is -2.24. The van der Waals surface area contributed by atoms with Gasteiger partial charge in [0.15, 0.2) is 0 Å². The SMILES string of the molecule is O=C(CN(c1ccc(Cl)cc1)S(=O)(=O)c1ccccc1)NCc1cccc(CN2CCCC2=O)c1. The molecule has 4 rings (SSSR count). The lowest BCUT2D eigenvalue weighted by atomic mass is 10.1. The first kappa shape index (κ1) is 24.8. The third kappa shape index (κ3) is 6.21. The van der Waals surface area contributed by atoms with Gasteiger partial charge in [-0.2, -0.15) is 0 Å². The number of halogens is 1. The number of rotatable bonds is 9. The Labute approximate surface area is 210 Å². The molecule has 9 heteroatoms. The van der Waals surface area contributed by atoms with Crippen molar-refractivity contribution < 1.29 is 18.0 Å². The molecule has 182 valence electrons. The number of likely N-dealkylation sites (tertiary alicyclic amines) is 1. The van der Waals surface area contributed by atoms with Crippen molar-refractivity contribution in [2.24, 2.45) is 0 Å². The number of hydrogen-bond donors (Lipinski definition) is 1. The summed E-state index contributed by atoms with van der Waals surface area (Å²) in [7, 11) is -3.98. The number of benzene rings is 3. The van der Waals surface area contributed by atoms with Crippen LogP contribution in [0.15, 0.2) is 83.8 Å². The molecule has 2 amide bonds. The molecule has 0 atom stereocenters. The smallest absolute Gasteiger partial charge is 0.264 e. The molecule has 35 heavy (non-hydrogen) atoms. The van der Waals surface area contributed by atoms with Crippen LogP contribution in [0.2, 0.25) is 5.02 Å². The monoisotopic (exact) mass is 511 g/mol. The topological polar surface area (TPSA) is 86.8 Å². The number of hydrogen-bond acceptors (Lipinski definition) is 4. The molecule has 1 fully saturated rings. The molecule has 0 aromatic heterocycles. The maximum atomic E-state index is 13.3. The molecular weight excluding hydrogens is 486 g/mol. The zero-order chi connectivity index (χ0) is 24.8. The van der Waals surface area contributed by atoms with E-state index in [1.165, 1.54) is 12.1 Å². The second-order valence-electron chi connectivity index (χ2n) is 8.32. The van der Waals surface area contributed by atoms with Crippen LogP contribution in [0.25, 0.3) is 0 Å². The zero-order valence-corrected chi connectivity index (χ0v) is 20.6. The number of carbonyl (C=O) groups is 2. The Morgan fingerprint density at radius 3 is 2.37 bits per heavy atom. The lowest BCUT2D eigenvalue weighted by molar-refractivity contribution is -0.128. The first-order valence-corrected chi connectivity index (χ1v) is 13.1. The first-order valence-electron chi connectivity index (χ1n) is 11.3. The molecule has 7 nitrogen and oxygen atoms in total. The van der Waals surface area contributed by atoms with E-state index in [-0.39, 0.29) is 23.9 Å². The highest BCUT2D eigenvalue weighted by atomic mass is 35.5. The van der Waals surface area contributed by atoms with Crippen LogP contribution < -0.4 is 9.62 Å². The average Bonchev–Trinajstić information content (AvgIpc) is 3.26. The van der Waals surface area contributed by atoms with Gasteiger partial charge in [0, 0.05) is 31.1 Å². The van der Waals surface area contributed by atoms with Crippen LogP contribution in [-0.2, 0) is 32.7 Å². The Morgan fingerprint density at radius 1 is 0.971 bits per heavy atom. The van der Waals surface area contributed by atoms with E-state index in [4.69, 9.17) is 11.6 Å². The number of carbonyl (C=O) groups excluding carboxylic acids is 2. The second-order valence-corrected chi connectivity index (χ2v) is 10.6. The number of nitrogens with zero attached hydrogens (tertiary/aromatic N) is 2. The van der Waals surface area contributed by atoms with Crippen LogP contribution in [0.5, 0.6) is 0 Å². The van der Waals surface area contributed by atoms with Crippen molar-refractivity contribution in [3.05, 3.63) is 95.0 Å². The molecular formula is C26H26ClN3O4S. The van der Waals surface area contributed by atoms with Gasteiger partial charge >= 0.3 is 0 Å². The summed E-state index contributed by atoms with van der Waals surface area (Å²) in [5, 5.41) is 3.28. The van der Waals surface area contributed by atoms with E-state index in [0.717, 1.165) is 28.4 Å². The van der Waals surface area contributed by atoms with E-state index < -0.39 is 15.9 Å². The number of sulfonamides is 1. The van der Waals surface area contributed by atoms with Crippen LogP contribution in [0.3, 0.4) is 0 Å². The summed E-state index contributed by atoms with van der Waals surface area (Å²) < 4.78 is 27.8. The van der Waals surface area contributed by atoms with Gasteiger partial charge in [0.25, 0.3) is 10.0 Å². The Balaban J connectivity index is 1.46. The van der Waals surface area contributed by atoms with Gasteiger partial charge in [0.05, 0.1) is 10.6 Å². The van der Waals surface area contributed by atoms with Crippen LogP contribution in [-0.4, -0.2) is 38.2 Å². The van der Waals surface area contributed by atoms with Crippen LogP contribution >= 0.6 is 11.6 Å². The molecule has 3 aromatic rings. The van der Waals surface area contributed by atoms with Gasteiger partial charge in [-0.15, -0.1) is 0 Å². The summed E-state index contributed by atoms with van der Waals surface area (Å²) in [6.07, 6.45) is 1.47. The molecule has 1 aliphatic rings. The van der Waals surface area contributed by atoms with Crippen molar-refractivity contribution in [1.29, 1.82) is 0 Å². The summed E-state index contributed by atoms with van der Waals surface area (Å²) in [4.78, 5) is 26.7. The quantitative estimate of drug-likeness (QED) is 0.471. The molecule has 1 aliphatic heterocycles. The Bertz CT molecular complexity index is 1300. The summed E-state index contributed by atoms with van der Waals surface area (Å²) in [6, 6.07) is 22.0. The van der Waals surface area contributed by atoms with Crippen molar-refractivity contribution >= 4 is 39.1 Å². The van der Waals surface area contributed by atoms with E-state index in [0.29, 0.717) is 23.7 Å². The highest BCUT2D eigenvalue weighted by Gasteiger charge is 2.27. The predicted octanol–water partition coefficient (Wildman–Crippen LogP) is 3.97. The normalized spacial score (nSPS) is 13.6. The summed E-state index contributed by atoms with van der Waals surface area (Å²) >= 11 is 5.98. The Morgan fingerprint density at radius 2 is 1.69 bits per heavy atom. The average molecular weight is 512 g/mol. The van der Waals surface area contributed by atoms with Gasteiger partial charge in [-0.1, -0.05) is 54.1 Å². The van der Waals surface area contributed by atoms with E-state index in [2.05, 4.69) is 5.32 Å². The van der Waals surface area contributed by atoms with Crippen LogP contribution in [0, 0.1) is 0 Å². The highest BCUT2D eigenvalue weighted by Crippen LogP contribution is 2.25. The van der Waals surface area contributed by atoms with Crippen molar-refractivity contribution in [2.75, 3.05) is 17.4 Å². The molecule has 0 saturated carbocycles. The minimum absolute atomic E-state index is 0.0897. The van der Waals surface area contributed by atoms with Crippen molar-refractivity contribution in [2.45, 2.75) is 30.8 Å². The largest absolute Gasteiger partial charge is 0.350 e. The third-order valence-electron chi connectivity index (χ3n) is 5.76. The van der Waals surface area contributed by atoms with E-state index in [1.54, 1.807) is 42.5 Å². The minimum atomic E-state index is -3.98. The van der Waals surface area contributed by atoms with Crippen molar-refractivity contribution in [3.8, 4) is 0 Å². The zero-order valence-electron chi connectivity index (χ0n) is 19.1. The molecule has 0 bridgehead atoms. The second kappa shape index (κ2) is 10.9. The first-order chi connectivity index (χ1) is 16.8. The molecule has 3 aromatic carbocycles. The summed E-state index contributed by atoms with van der Waals surface area (Å²) in [5.74, 6) is -0.287. The van der Waals surface area contributed by atoms with Gasteiger partial charge in [0.1, 0.15) is 6.54 Å². The van der Waals surface area contributed by atoms with Crippen LogP contribution in [0.1, 0.15) is 24.0 Å². The molecule has 0 spiro atoms. The van der Waals surface area contributed by atoms with Crippen molar-refractivity contribution in [1.82, 2.24) is 10.2 Å². The van der Waals surface area contributed by atoms with Gasteiger partial charge in [-0.05, 0) is 53.9 Å². The Hall–Kier alpha value is -3.36. The molecule has 1 N–H and O–H groups in total. The fraction of sp³-hybridized carbons (Fsp3) is 0.231. The van der Waals surface area contributed by atoms with E-state index >= 15 is 0 Å². The molecule has 0 radical (unpaired) electrons. The third-order valence-corrected chi connectivity index (χ3v) is 7.80. The molecule has 0 aliphatic carbocycles. The van der Waals surface area contributed by atoms with Gasteiger partial charge in [-0.3, -0.25) is 13.9 Å². The van der Waals surface area contributed by atoms with E-state index in [9.17, 15) is 18.0 Å². The molecule has 1 heterocycles. The van der Waals surface area contributed by atoms with Gasteiger partial charge < -0.3 is 10.2 Å². The standard InChI is InChI=1S/C26H26ClN3O4S/c27-22-11-13-23(14-12-22)30(35(33,34)24-8-2-1-3-9-24)19-25(31)28-17-20-6-4-7-21(16-20)18-29-15-5-10-26(29)32/h1-4,6-9,11-14,16H,5,10,15,17-19H2,(H,28,31). The van der Waals surface area contributed by atoms with Crippen LogP contribution in [0.4, 0.5) is 5.69 Å². The fourth-order valence-corrected chi connectivity index (χ4v) is 5.53. The van der Waals surface area contributed by atoms with Crippen molar-refractivity contribution in [3.63, 3.8) is 0 Å². The minimum Gasteiger partial charge on any atom is -0.350 e.